The number of rotatable bonds is 5. The number of carbonyl (C=O) groups excluding carboxylic acids is 1. The van der Waals surface area contributed by atoms with Crippen LogP contribution >= 0.6 is 0 Å². The van der Waals surface area contributed by atoms with Crippen molar-refractivity contribution in [2.75, 3.05) is 26.3 Å². The van der Waals surface area contributed by atoms with Gasteiger partial charge in [-0.15, -0.1) is 0 Å². The molecule has 1 fully saturated rings. The highest BCUT2D eigenvalue weighted by Crippen LogP contribution is 2.24. The summed E-state index contributed by atoms with van der Waals surface area (Å²) in [6.07, 6.45) is 0. The van der Waals surface area contributed by atoms with Gasteiger partial charge in [-0.25, -0.2) is 0 Å². The highest BCUT2D eigenvalue weighted by molar-refractivity contribution is 5.94. The number of nitrogens with one attached hydrogen (secondary N) is 1. The summed E-state index contributed by atoms with van der Waals surface area (Å²) in [5.41, 5.74) is 4.47. The molecule has 0 saturated carbocycles. The largest absolute Gasteiger partial charge is 0.379 e. The third kappa shape index (κ3) is 5.43. The van der Waals surface area contributed by atoms with Crippen molar-refractivity contribution in [2.24, 2.45) is 0 Å². The van der Waals surface area contributed by atoms with Gasteiger partial charge < -0.3 is 10.1 Å². The van der Waals surface area contributed by atoms with Crippen molar-refractivity contribution in [1.82, 2.24) is 10.2 Å². The molecule has 1 N–H and O–H groups in total. The number of carbonyl (C=O) groups is 1. The summed E-state index contributed by atoms with van der Waals surface area (Å²) in [4.78, 5) is 15.0. The molecule has 0 radical (unpaired) electrons. The van der Waals surface area contributed by atoms with Crippen LogP contribution in [0.4, 0.5) is 0 Å². The Morgan fingerprint density at radius 3 is 2.21 bits per heavy atom. The van der Waals surface area contributed by atoms with E-state index in [4.69, 9.17) is 4.74 Å². The molecule has 0 aliphatic carbocycles. The SMILES string of the molecule is C[C@H](NC(=O)c1ccc(CN2CCOCC2)cc1)c1ccc(C(C)(C)C)cc1. The van der Waals surface area contributed by atoms with E-state index in [1.54, 1.807) is 0 Å². The van der Waals surface area contributed by atoms with Gasteiger partial charge in [0, 0.05) is 25.2 Å². The summed E-state index contributed by atoms with van der Waals surface area (Å²) in [5, 5.41) is 3.11. The van der Waals surface area contributed by atoms with Crippen LogP contribution in [0, 0.1) is 0 Å². The minimum absolute atomic E-state index is 0.0328. The van der Waals surface area contributed by atoms with Gasteiger partial charge in [0.1, 0.15) is 0 Å². The molecule has 4 heteroatoms. The molecule has 0 spiro atoms. The van der Waals surface area contributed by atoms with E-state index in [1.807, 2.05) is 31.2 Å². The van der Waals surface area contributed by atoms with Crippen LogP contribution in [0.2, 0.25) is 0 Å². The second-order valence-corrected chi connectivity index (χ2v) is 8.65. The van der Waals surface area contributed by atoms with Crippen molar-refractivity contribution >= 4 is 5.91 Å². The van der Waals surface area contributed by atoms with Crippen LogP contribution in [0.3, 0.4) is 0 Å². The van der Waals surface area contributed by atoms with Crippen LogP contribution in [0.5, 0.6) is 0 Å². The van der Waals surface area contributed by atoms with Crippen LogP contribution in [-0.4, -0.2) is 37.1 Å². The molecule has 0 bridgehead atoms. The fraction of sp³-hybridized carbons (Fsp3) is 0.458. The Morgan fingerprint density at radius 1 is 1.04 bits per heavy atom. The van der Waals surface area contributed by atoms with Crippen LogP contribution < -0.4 is 5.32 Å². The lowest BCUT2D eigenvalue weighted by molar-refractivity contribution is 0.0342. The molecule has 1 atom stereocenters. The molecule has 1 saturated heterocycles. The highest BCUT2D eigenvalue weighted by Gasteiger charge is 2.16. The summed E-state index contributed by atoms with van der Waals surface area (Å²) < 4.78 is 5.39. The molecular weight excluding hydrogens is 348 g/mol. The van der Waals surface area contributed by atoms with E-state index in [1.165, 1.54) is 11.1 Å². The van der Waals surface area contributed by atoms with Gasteiger partial charge in [0.25, 0.3) is 5.91 Å². The maximum Gasteiger partial charge on any atom is 0.251 e. The molecule has 0 aromatic heterocycles. The van der Waals surface area contributed by atoms with E-state index in [0.29, 0.717) is 5.56 Å². The summed E-state index contributed by atoms with van der Waals surface area (Å²) in [5.74, 6) is -0.0367. The standard InChI is InChI=1S/C24H32N2O2/c1-18(20-9-11-22(12-10-20)24(2,3)4)25-23(27)21-7-5-19(6-8-21)17-26-13-15-28-16-14-26/h5-12,18H,13-17H2,1-4H3,(H,25,27)/t18-/m0/s1. The zero-order valence-corrected chi connectivity index (χ0v) is 17.5. The molecule has 28 heavy (non-hydrogen) atoms. The summed E-state index contributed by atoms with van der Waals surface area (Å²) >= 11 is 0. The fourth-order valence-electron chi connectivity index (χ4n) is 3.41. The predicted octanol–water partition coefficient (Wildman–Crippen LogP) is 4.31. The predicted molar refractivity (Wildman–Crippen MR) is 114 cm³/mol. The molecular formula is C24H32N2O2. The first-order valence-corrected chi connectivity index (χ1v) is 10.1. The Hall–Kier alpha value is -2.17. The monoisotopic (exact) mass is 380 g/mol. The number of hydrogen-bond donors (Lipinski definition) is 1. The van der Waals surface area contributed by atoms with E-state index >= 15 is 0 Å². The zero-order valence-electron chi connectivity index (χ0n) is 17.5. The Kier molecular flexibility index (Phi) is 6.53. The number of benzene rings is 2. The van der Waals surface area contributed by atoms with Crippen LogP contribution in [0.1, 0.15) is 60.8 Å². The second kappa shape index (κ2) is 8.89. The maximum absolute atomic E-state index is 12.6. The quantitative estimate of drug-likeness (QED) is 0.840. The van der Waals surface area contributed by atoms with Crippen molar-refractivity contribution < 1.29 is 9.53 Å². The Bertz CT molecular complexity index is 770. The lowest BCUT2D eigenvalue weighted by Crippen LogP contribution is -2.35. The first-order chi connectivity index (χ1) is 13.3. The van der Waals surface area contributed by atoms with E-state index in [-0.39, 0.29) is 17.4 Å². The lowest BCUT2D eigenvalue weighted by Gasteiger charge is -2.26. The number of amides is 1. The molecule has 4 nitrogen and oxygen atoms in total. The summed E-state index contributed by atoms with van der Waals surface area (Å²) in [7, 11) is 0. The van der Waals surface area contributed by atoms with Crippen LogP contribution in [-0.2, 0) is 16.7 Å². The van der Waals surface area contributed by atoms with Gasteiger partial charge in [0.15, 0.2) is 0 Å². The fourth-order valence-corrected chi connectivity index (χ4v) is 3.41. The van der Waals surface area contributed by atoms with Gasteiger partial charge in [-0.3, -0.25) is 9.69 Å². The molecule has 1 heterocycles. The normalized spacial score (nSPS) is 16.6. The third-order valence-electron chi connectivity index (χ3n) is 5.35. The van der Waals surface area contributed by atoms with Crippen molar-refractivity contribution in [1.29, 1.82) is 0 Å². The van der Waals surface area contributed by atoms with E-state index < -0.39 is 0 Å². The second-order valence-electron chi connectivity index (χ2n) is 8.65. The summed E-state index contributed by atoms with van der Waals surface area (Å²) in [6.45, 7) is 13.1. The number of nitrogens with zero attached hydrogens (tertiary/aromatic N) is 1. The average molecular weight is 381 g/mol. The average Bonchev–Trinajstić information content (AvgIpc) is 2.68. The summed E-state index contributed by atoms with van der Waals surface area (Å²) in [6, 6.07) is 16.4. The van der Waals surface area contributed by atoms with Gasteiger partial charge in [-0.05, 0) is 41.2 Å². The van der Waals surface area contributed by atoms with Crippen molar-refractivity contribution in [3.63, 3.8) is 0 Å². The van der Waals surface area contributed by atoms with Gasteiger partial charge in [0.2, 0.25) is 0 Å². The molecule has 1 aliphatic rings. The Morgan fingerprint density at radius 2 is 1.64 bits per heavy atom. The van der Waals surface area contributed by atoms with Gasteiger partial charge >= 0.3 is 0 Å². The van der Waals surface area contributed by atoms with Crippen LogP contribution in [0.25, 0.3) is 0 Å². The molecule has 3 rings (SSSR count). The first kappa shape index (κ1) is 20.6. The number of morpholine rings is 1. The number of hydrogen-bond acceptors (Lipinski definition) is 3. The molecule has 2 aromatic carbocycles. The topological polar surface area (TPSA) is 41.6 Å². The molecule has 1 aliphatic heterocycles. The zero-order chi connectivity index (χ0) is 20.1. The Labute approximate surface area is 168 Å². The van der Waals surface area contributed by atoms with Crippen molar-refractivity contribution in [3.8, 4) is 0 Å². The lowest BCUT2D eigenvalue weighted by atomic mass is 9.86. The highest BCUT2D eigenvalue weighted by atomic mass is 16.5. The van der Waals surface area contributed by atoms with Crippen molar-refractivity contribution in [2.45, 2.75) is 45.7 Å². The van der Waals surface area contributed by atoms with Crippen molar-refractivity contribution in [3.05, 3.63) is 70.8 Å². The molecule has 0 unspecified atom stereocenters. The van der Waals surface area contributed by atoms with Gasteiger partial charge in [0.05, 0.1) is 19.3 Å². The maximum atomic E-state index is 12.6. The third-order valence-corrected chi connectivity index (χ3v) is 5.35. The van der Waals surface area contributed by atoms with Gasteiger partial charge in [-0.2, -0.15) is 0 Å². The molecule has 2 aromatic rings. The minimum Gasteiger partial charge on any atom is -0.379 e. The number of ether oxygens (including phenoxy) is 1. The first-order valence-electron chi connectivity index (χ1n) is 10.1. The minimum atomic E-state index is -0.0367. The van der Waals surface area contributed by atoms with E-state index in [2.05, 4.69) is 55.3 Å². The molecule has 150 valence electrons. The molecule has 1 amide bonds. The Balaban J connectivity index is 1.57. The smallest absolute Gasteiger partial charge is 0.251 e. The van der Waals surface area contributed by atoms with E-state index in [9.17, 15) is 4.79 Å². The van der Waals surface area contributed by atoms with E-state index in [0.717, 1.165) is 38.4 Å². The van der Waals surface area contributed by atoms with Crippen LogP contribution in [0.15, 0.2) is 48.5 Å². The van der Waals surface area contributed by atoms with Gasteiger partial charge in [-0.1, -0.05) is 57.2 Å².